The first-order valence-corrected chi connectivity index (χ1v) is 4.73. The lowest BCUT2D eigenvalue weighted by molar-refractivity contribution is -0.345. The minimum absolute atomic E-state index is 0.270. The van der Waals surface area contributed by atoms with Crippen molar-refractivity contribution in [3.63, 3.8) is 0 Å². The Hall–Kier alpha value is -0.460. The molecule has 0 amide bonds. The van der Waals surface area contributed by atoms with Gasteiger partial charge in [-0.3, -0.25) is 4.39 Å². The molecule has 1 aliphatic heterocycles. The van der Waals surface area contributed by atoms with Crippen molar-refractivity contribution < 1.29 is 31.1 Å². The summed E-state index contributed by atoms with van der Waals surface area (Å²) in [6.45, 7) is 0.408. The molecule has 1 aliphatic rings. The van der Waals surface area contributed by atoms with E-state index in [4.69, 9.17) is 0 Å². The molecule has 0 aromatic rings. The molecule has 7 heteroatoms. The molecular weight excluding hydrogens is 238 g/mol. The summed E-state index contributed by atoms with van der Waals surface area (Å²) in [4.78, 5) is 0. The van der Waals surface area contributed by atoms with Crippen molar-refractivity contribution in [2.45, 2.75) is 43.9 Å². The molecule has 1 heterocycles. The molecule has 1 unspecified atom stereocenters. The van der Waals surface area contributed by atoms with Crippen molar-refractivity contribution in [2.24, 2.45) is 0 Å². The molecule has 0 aromatic carbocycles. The maximum atomic E-state index is 13.5. The van der Waals surface area contributed by atoms with Gasteiger partial charge in [-0.2, -0.15) is 8.78 Å². The summed E-state index contributed by atoms with van der Waals surface area (Å²) in [7, 11) is 0.500. The Morgan fingerprint density at radius 2 is 1.56 bits per heavy atom. The molecule has 16 heavy (non-hydrogen) atoms. The Labute approximate surface area is 89.8 Å². The van der Waals surface area contributed by atoms with Crippen LogP contribution >= 0.6 is 0 Å². The zero-order chi connectivity index (χ0) is 13.0. The molecule has 1 rings (SSSR count). The lowest BCUT2D eigenvalue weighted by Gasteiger charge is -2.35. The van der Waals surface area contributed by atoms with E-state index in [1.54, 1.807) is 0 Å². The van der Waals surface area contributed by atoms with Gasteiger partial charge in [-0.25, -0.2) is 13.2 Å². The highest BCUT2D eigenvalue weighted by molar-refractivity contribution is 5.00. The monoisotopic (exact) mass is 252 g/mol. The summed E-state index contributed by atoms with van der Waals surface area (Å²) < 4.78 is 78.8. The van der Waals surface area contributed by atoms with Crippen LogP contribution in [0.15, 0.2) is 0 Å². The second-order valence-corrected chi connectivity index (χ2v) is 3.33. The van der Waals surface area contributed by atoms with Gasteiger partial charge >= 0.3 is 6.11 Å². The van der Waals surface area contributed by atoms with Crippen LogP contribution in [0.25, 0.3) is 0 Å². The highest BCUT2D eigenvalue weighted by atomic mass is 19.3. The SMILES string of the molecule is CCC1(F)C(F)(F)CCCOC1(F)F.CF. The second-order valence-electron chi connectivity index (χ2n) is 3.33. The molecule has 1 saturated heterocycles. The van der Waals surface area contributed by atoms with Gasteiger partial charge in [-0.05, 0) is 12.8 Å². The van der Waals surface area contributed by atoms with Crippen LogP contribution in [0.4, 0.5) is 26.3 Å². The number of rotatable bonds is 1. The molecule has 0 radical (unpaired) electrons. The summed E-state index contributed by atoms with van der Waals surface area (Å²) in [5.41, 5.74) is -3.89. The van der Waals surface area contributed by atoms with Crippen LogP contribution in [0, 0.1) is 0 Å². The summed E-state index contributed by atoms with van der Waals surface area (Å²) in [5.74, 6) is -4.04. The molecular formula is C9H14F6O. The molecule has 0 aliphatic carbocycles. The van der Waals surface area contributed by atoms with Gasteiger partial charge in [0.15, 0.2) is 0 Å². The standard InChI is InChI=1S/C8H11F5O.CH3F/c1-2-6(9)7(10,11)4-3-5-14-8(6,12)13;1-2/h2-5H2,1H3;1H3. The summed E-state index contributed by atoms with van der Waals surface area (Å²) in [6, 6.07) is 0. The molecule has 0 N–H and O–H groups in total. The first-order chi connectivity index (χ1) is 7.27. The van der Waals surface area contributed by atoms with Crippen molar-refractivity contribution in [1.82, 2.24) is 0 Å². The van der Waals surface area contributed by atoms with Gasteiger partial charge in [0.25, 0.3) is 11.6 Å². The van der Waals surface area contributed by atoms with Crippen LogP contribution in [-0.2, 0) is 4.74 Å². The molecule has 0 bridgehead atoms. The Kier molecular flexibility index (Phi) is 5.10. The first kappa shape index (κ1) is 15.5. The highest BCUT2D eigenvalue weighted by Crippen LogP contribution is 2.50. The van der Waals surface area contributed by atoms with Crippen molar-refractivity contribution in [3.8, 4) is 0 Å². The molecule has 98 valence electrons. The molecule has 0 aromatic heterocycles. The van der Waals surface area contributed by atoms with Crippen LogP contribution in [-0.4, -0.2) is 31.5 Å². The largest absolute Gasteiger partial charge is 0.395 e. The van der Waals surface area contributed by atoms with Crippen LogP contribution < -0.4 is 0 Å². The summed E-state index contributed by atoms with van der Waals surface area (Å²) in [5, 5.41) is 0. The van der Waals surface area contributed by atoms with E-state index in [1.807, 2.05) is 0 Å². The minimum Gasteiger partial charge on any atom is -0.318 e. The zero-order valence-corrected chi connectivity index (χ0v) is 9.00. The molecule has 0 saturated carbocycles. The smallest absolute Gasteiger partial charge is 0.318 e. The van der Waals surface area contributed by atoms with E-state index in [2.05, 4.69) is 4.74 Å². The van der Waals surface area contributed by atoms with E-state index >= 15 is 0 Å². The van der Waals surface area contributed by atoms with Crippen LogP contribution in [0.5, 0.6) is 0 Å². The molecule has 1 atom stereocenters. The fourth-order valence-corrected chi connectivity index (χ4v) is 1.48. The molecule has 1 nitrogen and oxygen atoms in total. The third kappa shape index (κ3) is 2.44. The van der Waals surface area contributed by atoms with E-state index < -0.39 is 37.1 Å². The van der Waals surface area contributed by atoms with Gasteiger partial charge in [0.1, 0.15) is 0 Å². The highest BCUT2D eigenvalue weighted by Gasteiger charge is 2.70. The maximum Gasteiger partial charge on any atom is 0.395 e. The van der Waals surface area contributed by atoms with Gasteiger partial charge in [0.2, 0.25) is 0 Å². The third-order valence-corrected chi connectivity index (χ3v) is 2.45. The average Bonchev–Trinajstić information content (AvgIpc) is 2.32. The third-order valence-electron chi connectivity index (χ3n) is 2.45. The van der Waals surface area contributed by atoms with E-state index in [1.165, 1.54) is 0 Å². The maximum absolute atomic E-state index is 13.5. The van der Waals surface area contributed by atoms with Crippen LogP contribution in [0.2, 0.25) is 0 Å². The lowest BCUT2D eigenvalue weighted by atomic mass is 9.91. The number of hydrogen-bond donors (Lipinski definition) is 0. The van der Waals surface area contributed by atoms with Crippen molar-refractivity contribution in [2.75, 3.05) is 13.8 Å². The minimum atomic E-state index is -4.41. The Morgan fingerprint density at radius 3 is 2.00 bits per heavy atom. The van der Waals surface area contributed by atoms with Crippen LogP contribution in [0.3, 0.4) is 0 Å². The Balaban J connectivity index is 0.00000106. The summed E-state index contributed by atoms with van der Waals surface area (Å²) >= 11 is 0. The first-order valence-electron chi connectivity index (χ1n) is 4.73. The van der Waals surface area contributed by atoms with Gasteiger partial charge in [-0.15, -0.1) is 0 Å². The predicted octanol–water partition coefficient (Wildman–Crippen LogP) is 3.73. The number of hydrogen-bond acceptors (Lipinski definition) is 1. The van der Waals surface area contributed by atoms with E-state index in [0.717, 1.165) is 6.92 Å². The number of ether oxygens (including phenoxy) is 1. The quantitative estimate of drug-likeness (QED) is 0.646. The van der Waals surface area contributed by atoms with Crippen molar-refractivity contribution in [3.05, 3.63) is 0 Å². The Morgan fingerprint density at radius 1 is 1.06 bits per heavy atom. The van der Waals surface area contributed by atoms with E-state index in [-0.39, 0.29) is 6.42 Å². The Bertz CT molecular complexity index is 200. The fraction of sp³-hybridized carbons (Fsp3) is 1.00. The van der Waals surface area contributed by atoms with Gasteiger partial charge in [0, 0.05) is 6.42 Å². The lowest BCUT2D eigenvalue weighted by Crippen LogP contribution is -2.56. The molecule has 1 fully saturated rings. The van der Waals surface area contributed by atoms with Gasteiger partial charge < -0.3 is 4.74 Å². The number of halogens is 6. The normalized spacial score (nSPS) is 32.2. The summed E-state index contributed by atoms with van der Waals surface area (Å²) in [6.07, 6.45) is -6.57. The van der Waals surface area contributed by atoms with E-state index in [9.17, 15) is 26.3 Å². The average molecular weight is 252 g/mol. The topological polar surface area (TPSA) is 9.23 Å². The van der Waals surface area contributed by atoms with Crippen molar-refractivity contribution >= 4 is 0 Å². The predicted molar refractivity (Wildman–Crippen MR) is 46.2 cm³/mol. The zero-order valence-electron chi connectivity index (χ0n) is 9.00. The van der Waals surface area contributed by atoms with Gasteiger partial charge in [-0.1, -0.05) is 6.92 Å². The molecule has 0 spiro atoms. The fourth-order valence-electron chi connectivity index (χ4n) is 1.48. The number of alkyl halides is 6. The van der Waals surface area contributed by atoms with Gasteiger partial charge in [0.05, 0.1) is 13.8 Å². The van der Waals surface area contributed by atoms with E-state index in [0.29, 0.717) is 7.18 Å². The van der Waals surface area contributed by atoms with Crippen molar-refractivity contribution in [1.29, 1.82) is 0 Å². The van der Waals surface area contributed by atoms with Crippen LogP contribution in [0.1, 0.15) is 26.2 Å². The second kappa shape index (κ2) is 5.25.